The van der Waals surface area contributed by atoms with Crippen LogP contribution in [0.3, 0.4) is 0 Å². The highest BCUT2D eigenvalue weighted by Crippen LogP contribution is 2.54. The molecule has 4 heterocycles. The van der Waals surface area contributed by atoms with E-state index >= 15 is 0 Å². The predicted molar refractivity (Wildman–Crippen MR) is 272 cm³/mol. The number of nitrogens with zero attached hydrogens (tertiary/aromatic N) is 4. The molecular formula is C60H48N4. The summed E-state index contributed by atoms with van der Waals surface area (Å²) >= 11 is 0. The molecule has 0 fully saturated rings. The van der Waals surface area contributed by atoms with Crippen LogP contribution >= 0.6 is 0 Å². The Morgan fingerprint density at radius 3 is 1.67 bits per heavy atom. The molecule has 0 saturated heterocycles. The zero-order valence-corrected chi connectivity index (χ0v) is 37.2. The summed E-state index contributed by atoms with van der Waals surface area (Å²) in [6.07, 6.45) is 5.72. The van der Waals surface area contributed by atoms with Crippen molar-refractivity contribution in [2.75, 3.05) is 9.80 Å². The molecular weight excluding hydrogens is 777 g/mol. The third kappa shape index (κ3) is 4.99. The average Bonchev–Trinajstić information content (AvgIpc) is 4.04. The molecule has 0 amide bonds. The van der Waals surface area contributed by atoms with Crippen molar-refractivity contribution in [3.63, 3.8) is 0 Å². The van der Waals surface area contributed by atoms with Crippen molar-refractivity contribution in [2.45, 2.75) is 54.0 Å². The number of fused-ring (bicyclic) bond motifs is 12. The molecule has 1 aliphatic carbocycles. The molecule has 0 radical (unpaired) electrons. The molecule has 2 aliphatic rings. The first kappa shape index (κ1) is 37.0. The second kappa shape index (κ2) is 13.5. The lowest BCUT2D eigenvalue weighted by molar-refractivity contribution is 0.679. The van der Waals surface area contributed by atoms with Gasteiger partial charge in [-0.1, -0.05) is 84.9 Å². The van der Waals surface area contributed by atoms with Crippen molar-refractivity contribution < 1.29 is 0 Å². The van der Waals surface area contributed by atoms with Crippen LogP contribution in [0.1, 0.15) is 51.4 Å². The molecule has 3 aromatic heterocycles. The summed E-state index contributed by atoms with van der Waals surface area (Å²) in [5, 5.41) is 7.77. The maximum absolute atomic E-state index is 2.68. The van der Waals surface area contributed by atoms with Gasteiger partial charge < -0.3 is 18.8 Å². The van der Waals surface area contributed by atoms with E-state index in [2.05, 4.69) is 224 Å². The van der Waals surface area contributed by atoms with Crippen LogP contribution in [-0.4, -0.2) is 8.97 Å². The quantitative estimate of drug-likeness (QED) is 0.166. The lowest BCUT2D eigenvalue weighted by Crippen LogP contribution is -2.21. The first-order chi connectivity index (χ1) is 31.3. The summed E-state index contributed by atoms with van der Waals surface area (Å²) in [7, 11) is 0. The third-order valence-electron chi connectivity index (χ3n) is 15.0. The van der Waals surface area contributed by atoms with Crippen LogP contribution in [-0.2, 0) is 0 Å². The van der Waals surface area contributed by atoms with Crippen molar-refractivity contribution >= 4 is 93.9 Å². The summed E-state index contributed by atoms with van der Waals surface area (Å²) in [5.74, 6) is 0. The minimum Gasteiger partial charge on any atom is -0.332 e. The van der Waals surface area contributed by atoms with Crippen LogP contribution in [0.4, 0.5) is 28.4 Å². The van der Waals surface area contributed by atoms with Gasteiger partial charge in [0.2, 0.25) is 0 Å². The number of allylic oxidation sites excluding steroid dienone is 3. The predicted octanol–water partition coefficient (Wildman–Crippen LogP) is 16.3. The first-order valence-corrected chi connectivity index (χ1v) is 22.7. The Bertz CT molecular complexity index is 3780. The molecule has 0 bridgehead atoms. The first-order valence-electron chi connectivity index (χ1n) is 22.7. The SMILES string of the molecule is Cc1cc(N(C2=C3c4cccc5c6cc7c(cc6n(c45)C3CC=C2)c2cccc3c4c(N(c5ccccc5)c5cc(C)c(C)c(C)c5)cccc4n7c23)c2ccccc2)cc(C)c1C. The van der Waals surface area contributed by atoms with Crippen molar-refractivity contribution in [2.24, 2.45) is 0 Å². The largest absolute Gasteiger partial charge is 0.332 e. The molecule has 0 spiro atoms. The van der Waals surface area contributed by atoms with Gasteiger partial charge in [0.05, 0.1) is 45.0 Å². The van der Waals surface area contributed by atoms with Crippen LogP contribution in [0, 0.1) is 41.5 Å². The Balaban J connectivity index is 1.06. The number of aryl methyl sites for hydroxylation is 4. The highest BCUT2D eigenvalue weighted by atomic mass is 15.2. The van der Waals surface area contributed by atoms with E-state index in [1.807, 2.05) is 0 Å². The van der Waals surface area contributed by atoms with Crippen LogP contribution in [0.25, 0.3) is 65.5 Å². The topological polar surface area (TPSA) is 15.8 Å². The second-order valence-corrected chi connectivity index (χ2v) is 18.4. The Morgan fingerprint density at radius 1 is 0.453 bits per heavy atom. The van der Waals surface area contributed by atoms with Crippen LogP contribution in [0.2, 0.25) is 0 Å². The number of para-hydroxylation sites is 4. The molecule has 1 aliphatic heterocycles. The number of benzene rings is 8. The van der Waals surface area contributed by atoms with Gasteiger partial charge in [-0.15, -0.1) is 0 Å². The highest BCUT2D eigenvalue weighted by Gasteiger charge is 2.37. The third-order valence-corrected chi connectivity index (χ3v) is 15.0. The van der Waals surface area contributed by atoms with E-state index in [0.717, 1.165) is 12.1 Å². The Hall–Kier alpha value is -7.56. The van der Waals surface area contributed by atoms with Gasteiger partial charge in [0.25, 0.3) is 0 Å². The number of hydrogen-bond acceptors (Lipinski definition) is 2. The fraction of sp³-hybridized carbons (Fsp3) is 0.133. The Morgan fingerprint density at radius 2 is 1.00 bits per heavy atom. The fourth-order valence-electron chi connectivity index (χ4n) is 11.6. The molecule has 1 atom stereocenters. The van der Waals surface area contributed by atoms with Gasteiger partial charge in [0.15, 0.2) is 0 Å². The minimum absolute atomic E-state index is 0.173. The molecule has 0 N–H and O–H groups in total. The van der Waals surface area contributed by atoms with E-state index in [9.17, 15) is 0 Å². The zero-order valence-electron chi connectivity index (χ0n) is 37.2. The van der Waals surface area contributed by atoms with E-state index in [0.29, 0.717) is 0 Å². The molecule has 4 heteroatoms. The van der Waals surface area contributed by atoms with Crippen molar-refractivity contribution in [1.29, 1.82) is 0 Å². The average molecular weight is 825 g/mol. The van der Waals surface area contributed by atoms with Gasteiger partial charge in [-0.05, 0) is 160 Å². The number of hydrogen-bond donors (Lipinski definition) is 0. The van der Waals surface area contributed by atoms with Crippen LogP contribution in [0.15, 0.2) is 170 Å². The van der Waals surface area contributed by atoms with E-state index in [1.165, 1.54) is 133 Å². The van der Waals surface area contributed by atoms with E-state index in [4.69, 9.17) is 0 Å². The molecule has 4 nitrogen and oxygen atoms in total. The van der Waals surface area contributed by atoms with Crippen molar-refractivity contribution in [3.05, 3.63) is 208 Å². The minimum atomic E-state index is 0.173. The summed E-state index contributed by atoms with van der Waals surface area (Å²) in [4.78, 5) is 4.96. The number of rotatable bonds is 6. The van der Waals surface area contributed by atoms with Crippen LogP contribution in [0.5, 0.6) is 0 Å². The Kier molecular flexibility index (Phi) is 7.80. The second-order valence-electron chi connectivity index (χ2n) is 18.4. The molecule has 0 saturated carbocycles. The van der Waals surface area contributed by atoms with E-state index in [-0.39, 0.29) is 6.04 Å². The summed E-state index contributed by atoms with van der Waals surface area (Å²) in [6, 6.07) is 57.2. The van der Waals surface area contributed by atoms with Gasteiger partial charge >= 0.3 is 0 Å². The fourth-order valence-corrected chi connectivity index (χ4v) is 11.6. The van der Waals surface area contributed by atoms with Gasteiger partial charge in [0.1, 0.15) is 0 Å². The van der Waals surface area contributed by atoms with Crippen molar-refractivity contribution in [3.8, 4) is 0 Å². The maximum Gasteiger partial charge on any atom is 0.0654 e. The van der Waals surface area contributed by atoms with Gasteiger partial charge in [0, 0.05) is 66.2 Å². The smallest absolute Gasteiger partial charge is 0.0654 e. The molecule has 13 rings (SSSR count). The summed E-state index contributed by atoms with van der Waals surface area (Å²) in [5.41, 5.74) is 24.2. The van der Waals surface area contributed by atoms with E-state index in [1.54, 1.807) is 0 Å². The molecule has 308 valence electrons. The molecule has 11 aromatic rings. The molecule has 1 unspecified atom stereocenters. The normalized spacial score (nSPS) is 14.7. The van der Waals surface area contributed by atoms with Gasteiger partial charge in [-0.25, -0.2) is 0 Å². The summed E-state index contributed by atoms with van der Waals surface area (Å²) < 4.78 is 5.24. The highest BCUT2D eigenvalue weighted by molar-refractivity contribution is 6.28. The number of aromatic nitrogens is 2. The van der Waals surface area contributed by atoms with Gasteiger partial charge in [-0.3, -0.25) is 0 Å². The number of anilines is 5. The van der Waals surface area contributed by atoms with Crippen molar-refractivity contribution in [1.82, 2.24) is 8.97 Å². The summed E-state index contributed by atoms with van der Waals surface area (Å²) in [6.45, 7) is 13.4. The van der Waals surface area contributed by atoms with Crippen LogP contribution < -0.4 is 9.80 Å². The van der Waals surface area contributed by atoms with E-state index < -0.39 is 0 Å². The lowest BCUT2D eigenvalue weighted by atomic mass is 9.90. The molecule has 8 aromatic carbocycles. The van der Waals surface area contributed by atoms with Gasteiger partial charge in [-0.2, -0.15) is 0 Å². The monoisotopic (exact) mass is 824 g/mol. The molecule has 64 heavy (non-hydrogen) atoms. The standard InChI is InChI=1S/C60H48N4/c1-35-29-43(30-36(2)39(35)5)61(41-17-9-7-10-18-41)51-25-15-27-53-57(51)47-23-13-21-45-49-34-56-50(33-55(49)63(53)59(45)47)46-22-14-24-48-58-52(26-16-28-54(58)64(56)60(46)48)62(42-19-11-8-12-20-42)44-31-37(3)40(6)38(4)32-44/h7-27,29-34,54H,28H2,1-6H3. The maximum atomic E-state index is 2.68. The zero-order chi connectivity index (χ0) is 43.1. The lowest BCUT2D eigenvalue weighted by Gasteiger charge is -2.32. The Labute approximate surface area is 373 Å².